The summed E-state index contributed by atoms with van der Waals surface area (Å²) in [6, 6.07) is 3.59. The van der Waals surface area contributed by atoms with Crippen LogP contribution in [0.3, 0.4) is 0 Å². The van der Waals surface area contributed by atoms with Gasteiger partial charge in [-0.2, -0.15) is 11.8 Å². The normalized spacial score (nSPS) is 22.4. The maximum atomic E-state index is 10.7. The minimum Gasteiger partial charge on any atom is -0.466 e. The largest absolute Gasteiger partial charge is 0.466 e. The highest BCUT2D eigenvalue weighted by Crippen LogP contribution is 2.34. The fourth-order valence-electron chi connectivity index (χ4n) is 4.34. The SMILES string of the molecule is CCNC(=NCC(C)(O)c1ccco1)NCC1(N2CCSCC2)CCCCC1.I. The Morgan fingerprint density at radius 1 is 1.28 bits per heavy atom. The Labute approximate surface area is 196 Å². The average molecular weight is 537 g/mol. The first-order valence-electron chi connectivity index (χ1n) is 10.7. The van der Waals surface area contributed by atoms with E-state index in [4.69, 9.17) is 4.42 Å². The van der Waals surface area contributed by atoms with Crippen molar-refractivity contribution >= 4 is 41.7 Å². The third kappa shape index (κ3) is 6.77. The summed E-state index contributed by atoms with van der Waals surface area (Å²) in [4.78, 5) is 7.38. The van der Waals surface area contributed by atoms with Crippen LogP contribution < -0.4 is 10.6 Å². The van der Waals surface area contributed by atoms with Gasteiger partial charge in [-0.3, -0.25) is 4.90 Å². The number of aliphatic hydroxyl groups is 1. The number of hydrogen-bond acceptors (Lipinski definition) is 5. The van der Waals surface area contributed by atoms with Crippen LogP contribution in [-0.2, 0) is 5.60 Å². The Morgan fingerprint density at radius 3 is 2.62 bits per heavy atom. The molecule has 1 aliphatic heterocycles. The molecule has 0 spiro atoms. The molecule has 1 atom stereocenters. The molecule has 2 fully saturated rings. The van der Waals surface area contributed by atoms with Gasteiger partial charge in [-0.1, -0.05) is 19.3 Å². The number of hydrogen-bond donors (Lipinski definition) is 3. The summed E-state index contributed by atoms with van der Waals surface area (Å²) in [5, 5.41) is 17.6. The van der Waals surface area contributed by atoms with Crippen LogP contribution in [0.1, 0.15) is 51.7 Å². The van der Waals surface area contributed by atoms with E-state index in [0.29, 0.717) is 5.76 Å². The Hall–Kier alpha value is -0.450. The van der Waals surface area contributed by atoms with E-state index in [-0.39, 0.29) is 36.1 Å². The lowest BCUT2D eigenvalue weighted by molar-refractivity contribution is 0.0435. The molecule has 29 heavy (non-hydrogen) atoms. The zero-order chi connectivity index (χ0) is 19.9. The molecular weight excluding hydrogens is 499 g/mol. The van der Waals surface area contributed by atoms with E-state index in [1.54, 1.807) is 25.3 Å². The fourth-order valence-corrected chi connectivity index (χ4v) is 5.24. The van der Waals surface area contributed by atoms with E-state index >= 15 is 0 Å². The Bertz CT molecular complexity index is 612. The van der Waals surface area contributed by atoms with Crippen molar-refractivity contribution in [2.45, 2.75) is 57.1 Å². The summed E-state index contributed by atoms with van der Waals surface area (Å²) in [7, 11) is 0. The van der Waals surface area contributed by atoms with Crippen molar-refractivity contribution in [3.05, 3.63) is 24.2 Å². The molecule has 1 aliphatic carbocycles. The van der Waals surface area contributed by atoms with Crippen LogP contribution in [0.2, 0.25) is 0 Å². The molecule has 0 aromatic carbocycles. The van der Waals surface area contributed by atoms with Crippen LogP contribution in [0, 0.1) is 0 Å². The van der Waals surface area contributed by atoms with Crippen LogP contribution in [0.5, 0.6) is 0 Å². The van der Waals surface area contributed by atoms with Gasteiger partial charge in [0.15, 0.2) is 5.96 Å². The molecule has 2 aliphatic rings. The number of halogens is 1. The van der Waals surface area contributed by atoms with E-state index < -0.39 is 5.60 Å². The zero-order valence-electron chi connectivity index (χ0n) is 17.8. The number of rotatable bonds is 7. The smallest absolute Gasteiger partial charge is 0.191 e. The highest BCUT2D eigenvalue weighted by Gasteiger charge is 2.38. The lowest BCUT2D eigenvalue weighted by atomic mass is 9.80. The molecule has 1 saturated carbocycles. The van der Waals surface area contributed by atoms with Gasteiger partial charge in [-0.25, -0.2) is 4.99 Å². The van der Waals surface area contributed by atoms with Gasteiger partial charge >= 0.3 is 0 Å². The number of nitrogens with zero attached hydrogens (tertiary/aromatic N) is 2. The van der Waals surface area contributed by atoms with E-state index in [2.05, 4.69) is 39.2 Å². The van der Waals surface area contributed by atoms with Crippen molar-refractivity contribution in [2.75, 3.05) is 44.2 Å². The lowest BCUT2D eigenvalue weighted by Gasteiger charge is -2.48. The number of aliphatic imine (C=N–C) groups is 1. The number of nitrogens with one attached hydrogen (secondary N) is 2. The average Bonchev–Trinajstić information content (AvgIpc) is 3.27. The molecule has 1 saturated heterocycles. The maximum absolute atomic E-state index is 10.7. The van der Waals surface area contributed by atoms with Gasteiger partial charge < -0.3 is 20.2 Å². The monoisotopic (exact) mass is 536 g/mol. The third-order valence-corrected chi connectivity index (χ3v) is 6.93. The molecule has 0 bridgehead atoms. The molecule has 0 radical (unpaired) electrons. The number of guanidine groups is 1. The highest BCUT2D eigenvalue weighted by atomic mass is 127. The maximum Gasteiger partial charge on any atom is 0.191 e. The second kappa shape index (κ2) is 11.8. The molecular formula is C21H37IN4O2S. The fraction of sp³-hybridized carbons (Fsp3) is 0.762. The van der Waals surface area contributed by atoms with E-state index in [1.165, 1.54) is 56.7 Å². The Kier molecular flexibility index (Phi) is 10.1. The molecule has 6 nitrogen and oxygen atoms in total. The van der Waals surface area contributed by atoms with Crippen molar-refractivity contribution in [1.82, 2.24) is 15.5 Å². The van der Waals surface area contributed by atoms with Gasteiger partial charge in [0.1, 0.15) is 11.4 Å². The summed E-state index contributed by atoms with van der Waals surface area (Å²) in [6.07, 6.45) is 8.08. The van der Waals surface area contributed by atoms with Gasteiger partial charge in [0.05, 0.1) is 12.8 Å². The molecule has 1 aromatic rings. The van der Waals surface area contributed by atoms with Crippen molar-refractivity contribution in [2.24, 2.45) is 4.99 Å². The van der Waals surface area contributed by atoms with Gasteiger partial charge in [0.2, 0.25) is 0 Å². The molecule has 0 amide bonds. The molecule has 8 heteroatoms. The standard InChI is InChI=1S/C21H36N4O2S.HI/c1-3-22-19(23-16-20(2,26)18-8-7-13-27-18)24-17-21(9-5-4-6-10-21)25-11-14-28-15-12-25;/h7-8,13,26H,3-6,9-12,14-17H2,1-2H3,(H2,22,23,24);1H. The van der Waals surface area contributed by atoms with Crippen molar-refractivity contribution in [3.8, 4) is 0 Å². The molecule has 3 rings (SSSR count). The highest BCUT2D eigenvalue weighted by molar-refractivity contribution is 14.0. The molecule has 2 heterocycles. The first-order valence-corrected chi connectivity index (χ1v) is 11.8. The van der Waals surface area contributed by atoms with Crippen LogP contribution in [0.4, 0.5) is 0 Å². The Balaban J connectivity index is 0.00000300. The topological polar surface area (TPSA) is 73.0 Å². The quantitative estimate of drug-likeness (QED) is 0.282. The Morgan fingerprint density at radius 2 is 2.00 bits per heavy atom. The van der Waals surface area contributed by atoms with Gasteiger partial charge in [-0.05, 0) is 38.8 Å². The predicted molar refractivity (Wildman–Crippen MR) is 132 cm³/mol. The first kappa shape index (κ1) is 24.8. The summed E-state index contributed by atoms with van der Waals surface area (Å²) in [6.45, 7) is 8.14. The third-order valence-electron chi connectivity index (χ3n) is 5.99. The number of thioether (sulfide) groups is 1. The first-order chi connectivity index (χ1) is 13.6. The second-order valence-electron chi connectivity index (χ2n) is 8.18. The van der Waals surface area contributed by atoms with Crippen LogP contribution in [-0.4, -0.2) is 65.7 Å². The van der Waals surface area contributed by atoms with Crippen LogP contribution in [0.25, 0.3) is 0 Å². The summed E-state index contributed by atoms with van der Waals surface area (Å²) in [5.74, 6) is 3.79. The van der Waals surface area contributed by atoms with E-state index in [0.717, 1.165) is 19.0 Å². The predicted octanol–water partition coefficient (Wildman–Crippen LogP) is 3.41. The van der Waals surface area contributed by atoms with Gasteiger partial charge in [0.25, 0.3) is 0 Å². The molecule has 1 aromatic heterocycles. The van der Waals surface area contributed by atoms with Gasteiger partial charge in [-0.15, -0.1) is 24.0 Å². The molecule has 1 unspecified atom stereocenters. The lowest BCUT2D eigenvalue weighted by Crippen LogP contribution is -2.59. The van der Waals surface area contributed by atoms with Crippen LogP contribution >= 0.6 is 35.7 Å². The molecule has 3 N–H and O–H groups in total. The molecule has 166 valence electrons. The van der Waals surface area contributed by atoms with Crippen molar-refractivity contribution < 1.29 is 9.52 Å². The minimum absolute atomic E-state index is 0. The minimum atomic E-state index is -1.11. The van der Waals surface area contributed by atoms with E-state index in [1.807, 2.05) is 0 Å². The zero-order valence-corrected chi connectivity index (χ0v) is 20.9. The van der Waals surface area contributed by atoms with Gasteiger partial charge in [0, 0.05) is 43.2 Å². The van der Waals surface area contributed by atoms with Crippen LogP contribution in [0.15, 0.2) is 27.8 Å². The van der Waals surface area contributed by atoms with Crippen molar-refractivity contribution in [1.29, 1.82) is 0 Å². The summed E-state index contributed by atoms with van der Waals surface area (Å²) >= 11 is 2.07. The second-order valence-corrected chi connectivity index (χ2v) is 9.41. The van der Waals surface area contributed by atoms with Crippen molar-refractivity contribution in [3.63, 3.8) is 0 Å². The summed E-state index contributed by atoms with van der Waals surface area (Å²) in [5.41, 5.74) is -0.878. The summed E-state index contributed by atoms with van der Waals surface area (Å²) < 4.78 is 5.37. The number of furan rings is 1. The van der Waals surface area contributed by atoms with E-state index in [9.17, 15) is 5.11 Å².